The maximum absolute atomic E-state index is 5.96. The quantitative estimate of drug-likeness (QED) is 0.271. The molecule has 0 fully saturated rings. The highest BCUT2D eigenvalue weighted by molar-refractivity contribution is 14.0. The van der Waals surface area contributed by atoms with E-state index in [4.69, 9.17) is 10.5 Å². The summed E-state index contributed by atoms with van der Waals surface area (Å²) in [6.45, 7) is 3.29. The van der Waals surface area contributed by atoms with Crippen LogP contribution in [-0.4, -0.2) is 24.6 Å². The van der Waals surface area contributed by atoms with Gasteiger partial charge >= 0.3 is 0 Å². The van der Waals surface area contributed by atoms with Crippen molar-refractivity contribution >= 4 is 47.0 Å². The van der Waals surface area contributed by atoms with E-state index in [0.717, 1.165) is 42.8 Å². The molecule has 5 nitrogen and oxygen atoms in total. The van der Waals surface area contributed by atoms with E-state index >= 15 is 0 Å². The molecular weight excluding hydrogens is 435 g/mol. The molecular formula is C17H25IN4OS. The highest BCUT2D eigenvalue weighted by Gasteiger charge is 2.02. The minimum atomic E-state index is 0. The summed E-state index contributed by atoms with van der Waals surface area (Å²) in [7, 11) is 1.68. The van der Waals surface area contributed by atoms with E-state index in [1.165, 1.54) is 5.01 Å². The zero-order chi connectivity index (χ0) is 16.5. The van der Waals surface area contributed by atoms with Crippen LogP contribution < -0.4 is 11.1 Å². The molecule has 1 aromatic heterocycles. The second kappa shape index (κ2) is 11.4. The zero-order valence-electron chi connectivity index (χ0n) is 14.1. The number of aryl methyl sites for hydroxylation is 2. The lowest BCUT2D eigenvalue weighted by Gasteiger charge is -2.10. The van der Waals surface area contributed by atoms with Gasteiger partial charge in [-0.25, -0.2) is 4.98 Å². The van der Waals surface area contributed by atoms with Gasteiger partial charge in [-0.3, -0.25) is 4.99 Å². The van der Waals surface area contributed by atoms with Crippen LogP contribution in [-0.2, 0) is 17.8 Å². The largest absolute Gasteiger partial charge is 0.380 e. The lowest BCUT2D eigenvalue weighted by molar-refractivity contribution is 0.185. The summed E-state index contributed by atoms with van der Waals surface area (Å²) in [6.07, 6.45) is 3.09. The van der Waals surface area contributed by atoms with Crippen molar-refractivity contribution < 1.29 is 4.74 Å². The van der Waals surface area contributed by atoms with E-state index in [1.807, 2.05) is 31.2 Å². The molecule has 0 spiro atoms. The molecule has 2 aromatic rings. The Hall–Kier alpha value is -1.19. The first kappa shape index (κ1) is 20.9. The first-order valence-corrected chi connectivity index (χ1v) is 8.62. The minimum absolute atomic E-state index is 0. The Bertz CT molecular complexity index is 645. The topological polar surface area (TPSA) is 72.5 Å². The first-order chi connectivity index (χ1) is 11.2. The predicted octanol–water partition coefficient (Wildman–Crippen LogP) is 3.97. The normalized spacial score (nSPS) is 11.2. The summed E-state index contributed by atoms with van der Waals surface area (Å²) in [4.78, 5) is 8.84. The second-order valence-electron chi connectivity index (χ2n) is 5.32. The van der Waals surface area contributed by atoms with Gasteiger partial charge in [0, 0.05) is 36.0 Å². The van der Waals surface area contributed by atoms with Gasteiger partial charge < -0.3 is 15.8 Å². The molecule has 0 radical (unpaired) electrons. The van der Waals surface area contributed by atoms with E-state index < -0.39 is 0 Å². The zero-order valence-corrected chi connectivity index (χ0v) is 17.3. The van der Waals surface area contributed by atoms with E-state index in [1.54, 1.807) is 18.4 Å². The summed E-state index contributed by atoms with van der Waals surface area (Å²) >= 11 is 1.73. The molecule has 0 aliphatic carbocycles. The molecule has 7 heteroatoms. The summed E-state index contributed by atoms with van der Waals surface area (Å²) in [6, 6.07) is 7.93. The predicted molar refractivity (Wildman–Crippen MR) is 112 cm³/mol. The van der Waals surface area contributed by atoms with Gasteiger partial charge in [-0.1, -0.05) is 18.2 Å². The highest BCUT2D eigenvalue weighted by Crippen LogP contribution is 2.15. The molecule has 3 N–H and O–H groups in total. The fraction of sp³-hybridized carbons (Fsp3) is 0.412. The van der Waals surface area contributed by atoms with Gasteiger partial charge in [0.25, 0.3) is 0 Å². The number of thiazole rings is 1. The van der Waals surface area contributed by atoms with Gasteiger partial charge in [-0.2, -0.15) is 0 Å². The van der Waals surface area contributed by atoms with E-state index in [-0.39, 0.29) is 24.0 Å². The number of nitrogens with two attached hydrogens (primary N) is 1. The van der Waals surface area contributed by atoms with Crippen molar-refractivity contribution in [3.05, 3.63) is 45.9 Å². The lowest BCUT2D eigenvalue weighted by Crippen LogP contribution is -2.23. The number of aromatic nitrogens is 1. The minimum Gasteiger partial charge on any atom is -0.380 e. The van der Waals surface area contributed by atoms with Crippen molar-refractivity contribution in [2.45, 2.75) is 32.8 Å². The van der Waals surface area contributed by atoms with E-state index in [9.17, 15) is 0 Å². The molecule has 2 rings (SSSR count). The van der Waals surface area contributed by atoms with Crippen LogP contribution in [0, 0.1) is 6.92 Å². The molecule has 0 aliphatic rings. The third-order valence-electron chi connectivity index (χ3n) is 3.33. The van der Waals surface area contributed by atoms with Crippen molar-refractivity contribution in [1.29, 1.82) is 0 Å². The van der Waals surface area contributed by atoms with E-state index in [2.05, 4.69) is 20.7 Å². The van der Waals surface area contributed by atoms with Crippen LogP contribution in [0.3, 0.4) is 0 Å². The van der Waals surface area contributed by atoms with Gasteiger partial charge in [0.05, 0.1) is 11.6 Å². The highest BCUT2D eigenvalue weighted by atomic mass is 127. The van der Waals surface area contributed by atoms with Crippen LogP contribution in [0.1, 0.15) is 29.1 Å². The number of anilines is 1. The average molecular weight is 460 g/mol. The smallest absolute Gasteiger partial charge is 0.193 e. The fourth-order valence-electron chi connectivity index (χ4n) is 2.21. The Labute approximate surface area is 164 Å². The third-order valence-corrected chi connectivity index (χ3v) is 4.35. The molecule has 0 atom stereocenters. The van der Waals surface area contributed by atoms with Gasteiger partial charge in [0.15, 0.2) is 5.96 Å². The monoisotopic (exact) mass is 460 g/mol. The number of aliphatic imine (C=N–C) groups is 1. The molecule has 0 bridgehead atoms. The van der Waals surface area contributed by atoms with Crippen LogP contribution >= 0.6 is 35.3 Å². The number of rotatable bonds is 8. The molecule has 0 saturated heterocycles. The number of methoxy groups -OCH3 is 1. The number of nitrogens with one attached hydrogen (secondary N) is 1. The number of para-hydroxylation sites is 1. The standard InChI is InChI=1S/C17H24N4OS.HI/c1-13-12-23-16(20-13)9-5-6-10-19-17(18)21-15-8-4-3-7-14(15)11-22-2;/h3-4,7-8,12H,5-6,9-11H2,1-2H3,(H3,18,19,21);1H. The number of halogens is 1. The van der Waals surface area contributed by atoms with Gasteiger partial charge in [-0.15, -0.1) is 35.3 Å². The van der Waals surface area contributed by atoms with Crippen molar-refractivity contribution in [3.63, 3.8) is 0 Å². The van der Waals surface area contributed by atoms with E-state index in [0.29, 0.717) is 12.6 Å². The van der Waals surface area contributed by atoms with Crippen LogP contribution in [0.4, 0.5) is 5.69 Å². The third kappa shape index (κ3) is 7.14. The fourth-order valence-corrected chi connectivity index (χ4v) is 3.02. The Balaban J connectivity index is 0.00000288. The van der Waals surface area contributed by atoms with Crippen LogP contribution in [0.5, 0.6) is 0 Å². The molecule has 0 unspecified atom stereocenters. The maximum atomic E-state index is 5.96. The summed E-state index contributed by atoms with van der Waals surface area (Å²) in [5.74, 6) is 0.443. The number of unbranched alkanes of at least 4 members (excludes halogenated alkanes) is 1. The number of ether oxygens (including phenoxy) is 1. The van der Waals surface area contributed by atoms with Gasteiger partial charge in [0.1, 0.15) is 0 Å². The summed E-state index contributed by atoms with van der Waals surface area (Å²) in [5.41, 5.74) is 9.06. The lowest BCUT2D eigenvalue weighted by atomic mass is 10.2. The maximum Gasteiger partial charge on any atom is 0.193 e. The number of benzene rings is 1. The molecule has 0 saturated carbocycles. The molecule has 0 amide bonds. The Morgan fingerprint density at radius 1 is 1.33 bits per heavy atom. The van der Waals surface area contributed by atoms with Crippen molar-refractivity contribution in [2.24, 2.45) is 10.7 Å². The molecule has 24 heavy (non-hydrogen) atoms. The Morgan fingerprint density at radius 2 is 2.12 bits per heavy atom. The summed E-state index contributed by atoms with van der Waals surface area (Å²) < 4.78 is 5.18. The van der Waals surface area contributed by atoms with Crippen molar-refractivity contribution in [2.75, 3.05) is 19.0 Å². The van der Waals surface area contributed by atoms with Crippen LogP contribution in [0.25, 0.3) is 0 Å². The molecule has 1 heterocycles. The number of hydrogen-bond donors (Lipinski definition) is 2. The van der Waals surface area contributed by atoms with Crippen molar-refractivity contribution in [1.82, 2.24) is 4.98 Å². The Morgan fingerprint density at radius 3 is 2.83 bits per heavy atom. The van der Waals surface area contributed by atoms with Crippen LogP contribution in [0.15, 0.2) is 34.6 Å². The molecule has 132 valence electrons. The first-order valence-electron chi connectivity index (χ1n) is 7.74. The Kier molecular flexibility index (Phi) is 9.89. The average Bonchev–Trinajstić information content (AvgIpc) is 2.95. The number of nitrogens with zero attached hydrogens (tertiary/aromatic N) is 2. The van der Waals surface area contributed by atoms with Gasteiger partial charge in [0.2, 0.25) is 0 Å². The van der Waals surface area contributed by atoms with Crippen LogP contribution in [0.2, 0.25) is 0 Å². The SMILES string of the molecule is COCc1ccccc1NC(N)=NCCCCc1nc(C)cs1.I. The van der Waals surface area contributed by atoms with Gasteiger partial charge in [-0.05, 0) is 32.3 Å². The molecule has 1 aromatic carbocycles. The number of guanidine groups is 1. The number of hydrogen-bond acceptors (Lipinski definition) is 4. The molecule has 0 aliphatic heterocycles. The van der Waals surface area contributed by atoms with Crippen molar-refractivity contribution in [3.8, 4) is 0 Å². The second-order valence-corrected chi connectivity index (χ2v) is 6.26. The summed E-state index contributed by atoms with van der Waals surface area (Å²) in [5, 5.41) is 6.43.